The minimum Gasteiger partial charge on any atom is -0.417 e. The van der Waals surface area contributed by atoms with E-state index >= 15 is 0 Å². The van der Waals surface area contributed by atoms with Crippen LogP contribution in [0.5, 0.6) is 0 Å². The molecule has 1 aromatic heterocycles. The SMILES string of the molecule is CCN(CC)C(=O)N1CCN(C(=O)c2nnc(C)o2)CC1. The van der Waals surface area contributed by atoms with Gasteiger partial charge in [-0.05, 0) is 13.8 Å². The molecule has 0 unspecified atom stereocenters. The molecule has 1 aromatic rings. The number of rotatable bonds is 3. The van der Waals surface area contributed by atoms with Crippen molar-refractivity contribution < 1.29 is 14.0 Å². The van der Waals surface area contributed by atoms with Crippen molar-refractivity contribution in [2.24, 2.45) is 0 Å². The Bertz CT molecular complexity index is 504. The predicted octanol–water partition coefficient (Wildman–Crippen LogP) is 0.598. The van der Waals surface area contributed by atoms with Crippen LogP contribution in [0.2, 0.25) is 0 Å². The predicted molar refractivity (Wildman–Crippen MR) is 74.8 cm³/mol. The largest absolute Gasteiger partial charge is 0.417 e. The standard InChI is InChI=1S/C13H21N5O3/c1-4-16(5-2)13(20)18-8-6-17(7-9-18)12(19)11-15-14-10(3)21-11/h4-9H2,1-3H3. The number of aryl methyl sites for hydroxylation is 1. The van der Waals surface area contributed by atoms with E-state index in [9.17, 15) is 9.59 Å². The highest BCUT2D eigenvalue weighted by molar-refractivity contribution is 5.89. The lowest BCUT2D eigenvalue weighted by atomic mass is 10.3. The smallest absolute Gasteiger partial charge is 0.320 e. The molecule has 1 fully saturated rings. The zero-order chi connectivity index (χ0) is 15.4. The average molecular weight is 295 g/mol. The molecular weight excluding hydrogens is 274 g/mol. The van der Waals surface area contributed by atoms with Gasteiger partial charge in [-0.25, -0.2) is 4.79 Å². The van der Waals surface area contributed by atoms with Crippen LogP contribution in [-0.4, -0.2) is 76.1 Å². The van der Waals surface area contributed by atoms with Crippen molar-refractivity contribution in [2.75, 3.05) is 39.3 Å². The summed E-state index contributed by atoms with van der Waals surface area (Å²) in [5.41, 5.74) is 0. The van der Waals surface area contributed by atoms with Crippen LogP contribution in [0.1, 0.15) is 30.4 Å². The Morgan fingerprint density at radius 2 is 1.67 bits per heavy atom. The van der Waals surface area contributed by atoms with Gasteiger partial charge in [-0.3, -0.25) is 4.79 Å². The Morgan fingerprint density at radius 3 is 2.14 bits per heavy atom. The third-order valence-corrected chi connectivity index (χ3v) is 3.58. The Morgan fingerprint density at radius 1 is 1.10 bits per heavy atom. The summed E-state index contributed by atoms with van der Waals surface area (Å²) in [6, 6.07) is 0.0285. The number of urea groups is 1. The number of piperazine rings is 1. The second kappa shape index (κ2) is 6.55. The van der Waals surface area contributed by atoms with E-state index in [-0.39, 0.29) is 17.8 Å². The molecule has 0 atom stereocenters. The molecule has 0 spiro atoms. The van der Waals surface area contributed by atoms with Gasteiger partial charge < -0.3 is 19.1 Å². The molecule has 0 aromatic carbocycles. The molecule has 0 N–H and O–H groups in total. The van der Waals surface area contributed by atoms with Crippen LogP contribution in [-0.2, 0) is 0 Å². The van der Waals surface area contributed by atoms with Gasteiger partial charge in [0.2, 0.25) is 5.89 Å². The maximum atomic E-state index is 12.2. The van der Waals surface area contributed by atoms with Crippen LogP contribution in [0.4, 0.5) is 4.79 Å². The quantitative estimate of drug-likeness (QED) is 0.815. The number of hydrogen-bond acceptors (Lipinski definition) is 5. The molecule has 0 bridgehead atoms. The summed E-state index contributed by atoms with van der Waals surface area (Å²) in [7, 11) is 0. The van der Waals surface area contributed by atoms with E-state index in [1.807, 2.05) is 13.8 Å². The Labute approximate surface area is 123 Å². The van der Waals surface area contributed by atoms with Crippen molar-refractivity contribution in [2.45, 2.75) is 20.8 Å². The minimum atomic E-state index is -0.273. The lowest BCUT2D eigenvalue weighted by Crippen LogP contribution is -2.54. The lowest BCUT2D eigenvalue weighted by Gasteiger charge is -2.36. The third-order valence-electron chi connectivity index (χ3n) is 3.58. The van der Waals surface area contributed by atoms with E-state index in [0.717, 1.165) is 0 Å². The number of amides is 3. The van der Waals surface area contributed by atoms with E-state index < -0.39 is 0 Å². The fourth-order valence-corrected chi connectivity index (χ4v) is 2.31. The second-order valence-electron chi connectivity index (χ2n) is 4.86. The van der Waals surface area contributed by atoms with E-state index in [2.05, 4.69) is 10.2 Å². The van der Waals surface area contributed by atoms with Crippen molar-refractivity contribution in [3.8, 4) is 0 Å². The molecule has 0 saturated carbocycles. The van der Waals surface area contributed by atoms with Gasteiger partial charge in [0.05, 0.1) is 0 Å². The molecule has 1 aliphatic heterocycles. The minimum absolute atomic E-state index is 0.0102. The molecule has 116 valence electrons. The van der Waals surface area contributed by atoms with Crippen LogP contribution in [0, 0.1) is 6.92 Å². The number of carbonyl (C=O) groups is 2. The molecule has 2 rings (SSSR count). The highest BCUT2D eigenvalue weighted by Crippen LogP contribution is 2.09. The average Bonchev–Trinajstić information content (AvgIpc) is 2.94. The highest BCUT2D eigenvalue weighted by atomic mass is 16.4. The van der Waals surface area contributed by atoms with Gasteiger partial charge in [0, 0.05) is 46.2 Å². The van der Waals surface area contributed by atoms with Crippen LogP contribution >= 0.6 is 0 Å². The fraction of sp³-hybridized carbons (Fsp3) is 0.692. The molecule has 21 heavy (non-hydrogen) atoms. The molecule has 8 nitrogen and oxygen atoms in total. The fourth-order valence-electron chi connectivity index (χ4n) is 2.31. The van der Waals surface area contributed by atoms with Crippen LogP contribution in [0.25, 0.3) is 0 Å². The summed E-state index contributed by atoms with van der Waals surface area (Å²) in [6.07, 6.45) is 0. The molecule has 1 saturated heterocycles. The first kappa shape index (κ1) is 15.3. The number of carbonyl (C=O) groups excluding carboxylic acids is 2. The summed E-state index contributed by atoms with van der Waals surface area (Å²) in [4.78, 5) is 29.6. The summed E-state index contributed by atoms with van der Waals surface area (Å²) < 4.78 is 5.14. The summed E-state index contributed by atoms with van der Waals surface area (Å²) >= 11 is 0. The van der Waals surface area contributed by atoms with E-state index in [4.69, 9.17) is 4.42 Å². The monoisotopic (exact) mass is 295 g/mol. The first-order valence-electron chi connectivity index (χ1n) is 7.20. The maximum absolute atomic E-state index is 12.2. The van der Waals surface area contributed by atoms with E-state index in [1.165, 1.54) is 0 Å². The Hall–Kier alpha value is -2.12. The summed E-state index contributed by atoms with van der Waals surface area (Å²) in [5.74, 6) is 0.107. The zero-order valence-corrected chi connectivity index (χ0v) is 12.7. The molecule has 2 heterocycles. The molecule has 3 amide bonds. The van der Waals surface area contributed by atoms with Gasteiger partial charge in [-0.2, -0.15) is 0 Å². The van der Waals surface area contributed by atoms with Crippen LogP contribution in [0.15, 0.2) is 4.42 Å². The van der Waals surface area contributed by atoms with Crippen LogP contribution in [0.3, 0.4) is 0 Å². The van der Waals surface area contributed by atoms with Crippen molar-refractivity contribution in [3.63, 3.8) is 0 Å². The molecule has 0 radical (unpaired) electrons. The first-order valence-corrected chi connectivity index (χ1v) is 7.20. The topological polar surface area (TPSA) is 82.8 Å². The molecule has 0 aliphatic carbocycles. The first-order chi connectivity index (χ1) is 10.1. The number of nitrogens with zero attached hydrogens (tertiary/aromatic N) is 5. The number of hydrogen-bond donors (Lipinski definition) is 0. The van der Waals surface area contributed by atoms with Gasteiger partial charge in [0.25, 0.3) is 0 Å². The Balaban J connectivity index is 1.91. The molecular formula is C13H21N5O3. The van der Waals surface area contributed by atoms with E-state index in [0.29, 0.717) is 45.2 Å². The maximum Gasteiger partial charge on any atom is 0.320 e. The normalized spacial score (nSPS) is 15.2. The van der Waals surface area contributed by atoms with E-state index in [1.54, 1.807) is 21.6 Å². The summed E-state index contributed by atoms with van der Waals surface area (Å²) in [6.45, 7) is 8.94. The van der Waals surface area contributed by atoms with Crippen molar-refractivity contribution >= 4 is 11.9 Å². The van der Waals surface area contributed by atoms with Crippen molar-refractivity contribution in [3.05, 3.63) is 11.8 Å². The van der Waals surface area contributed by atoms with Crippen molar-refractivity contribution in [1.29, 1.82) is 0 Å². The van der Waals surface area contributed by atoms with Gasteiger partial charge in [0.15, 0.2) is 0 Å². The van der Waals surface area contributed by atoms with Crippen LogP contribution < -0.4 is 0 Å². The highest BCUT2D eigenvalue weighted by Gasteiger charge is 2.28. The molecule has 1 aliphatic rings. The van der Waals surface area contributed by atoms with Gasteiger partial charge in [0.1, 0.15) is 0 Å². The van der Waals surface area contributed by atoms with Gasteiger partial charge in [-0.1, -0.05) is 0 Å². The van der Waals surface area contributed by atoms with Gasteiger partial charge in [-0.15, -0.1) is 10.2 Å². The zero-order valence-electron chi connectivity index (χ0n) is 12.7. The lowest BCUT2D eigenvalue weighted by molar-refractivity contribution is 0.0603. The van der Waals surface area contributed by atoms with Gasteiger partial charge >= 0.3 is 17.8 Å². The van der Waals surface area contributed by atoms with Crippen molar-refractivity contribution in [1.82, 2.24) is 24.9 Å². The summed E-state index contributed by atoms with van der Waals surface area (Å²) in [5, 5.41) is 7.39. The third kappa shape index (κ3) is 3.32. The number of aromatic nitrogens is 2. The Kier molecular flexibility index (Phi) is 4.77. The second-order valence-corrected chi connectivity index (χ2v) is 4.86. The molecule has 8 heteroatoms.